The van der Waals surface area contributed by atoms with Crippen molar-refractivity contribution in [3.8, 4) is 5.75 Å². The van der Waals surface area contributed by atoms with Gasteiger partial charge in [0.15, 0.2) is 0 Å². The van der Waals surface area contributed by atoms with E-state index in [1.54, 1.807) is 0 Å². The monoisotopic (exact) mass is 372 g/mol. The first-order valence-corrected chi connectivity index (χ1v) is 9.96. The summed E-state index contributed by atoms with van der Waals surface area (Å²) in [7, 11) is 0. The number of carboxylic acid groups (broad SMARTS) is 1. The van der Waals surface area contributed by atoms with Crippen LogP contribution < -0.4 is 4.74 Å². The average molecular weight is 373 g/mol. The number of nitrogens with zero attached hydrogens (tertiary/aromatic N) is 2. The Morgan fingerprint density at radius 3 is 2.59 bits per heavy atom. The predicted molar refractivity (Wildman–Crippen MR) is 107 cm³/mol. The highest BCUT2D eigenvalue weighted by Gasteiger charge is 2.12. The number of aliphatic carboxylic acids is 1. The molecule has 0 saturated heterocycles. The van der Waals surface area contributed by atoms with E-state index in [4.69, 9.17) is 9.84 Å². The molecule has 0 aliphatic rings. The van der Waals surface area contributed by atoms with E-state index in [1.807, 2.05) is 17.7 Å². The van der Waals surface area contributed by atoms with Gasteiger partial charge in [0.05, 0.1) is 25.3 Å². The molecule has 1 aromatic heterocycles. The van der Waals surface area contributed by atoms with E-state index in [-0.39, 0.29) is 6.42 Å². The van der Waals surface area contributed by atoms with Crippen LogP contribution >= 0.6 is 0 Å². The number of ether oxygens (including phenoxy) is 1. The van der Waals surface area contributed by atoms with Crippen LogP contribution in [0.3, 0.4) is 0 Å². The molecule has 148 valence electrons. The lowest BCUT2D eigenvalue weighted by atomic mass is 10.0. The molecule has 0 saturated carbocycles. The van der Waals surface area contributed by atoms with E-state index in [0.717, 1.165) is 48.6 Å². The Kier molecular flexibility index (Phi) is 7.89. The highest BCUT2D eigenvalue weighted by molar-refractivity contribution is 5.66. The molecule has 5 heteroatoms. The number of aromatic nitrogens is 2. The van der Waals surface area contributed by atoms with E-state index >= 15 is 0 Å². The van der Waals surface area contributed by atoms with Gasteiger partial charge in [0, 0.05) is 17.7 Å². The number of rotatable bonds is 11. The van der Waals surface area contributed by atoms with Crippen LogP contribution in [0.15, 0.2) is 24.3 Å². The molecule has 27 heavy (non-hydrogen) atoms. The molecule has 5 nitrogen and oxygen atoms in total. The van der Waals surface area contributed by atoms with Crippen molar-refractivity contribution in [2.45, 2.75) is 66.3 Å². The van der Waals surface area contributed by atoms with Crippen LogP contribution in [0.1, 0.15) is 62.5 Å². The zero-order valence-corrected chi connectivity index (χ0v) is 17.0. The van der Waals surface area contributed by atoms with E-state index in [2.05, 4.69) is 44.1 Å². The molecule has 0 bridgehead atoms. The van der Waals surface area contributed by atoms with Gasteiger partial charge in [-0.05, 0) is 37.0 Å². The van der Waals surface area contributed by atoms with Crippen LogP contribution in [0.25, 0.3) is 0 Å². The maximum Gasteiger partial charge on any atom is 0.303 e. The fourth-order valence-corrected chi connectivity index (χ4v) is 3.11. The molecular formula is C22H32N2O3. The Hall–Kier alpha value is -2.30. The molecule has 0 unspecified atom stereocenters. The van der Waals surface area contributed by atoms with Crippen molar-refractivity contribution >= 4 is 5.97 Å². The lowest BCUT2D eigenvalue weighted by Crippen LogP contribution is -2.13. The average Bonchev–Trinajstić information content (AvgIpc) is 3.01. The Morgan fingerprint density at radius 2 is 1.96 bits per heavy atom. The number of carbonyl (C=O) groups is 1. The van der Waals surface area contributed by atoms with Gasteiger partial charge in [0.1, 0.15) is 5.75 Å². The van der Waals surface area contributed by atoms with Crippen LogP contribution in [0, 0.1) is 12.8 Å². The van der Waals surface area contributed by atoms with Gasteiger partial charge in [-0.15, -0.1) is 0 Å². The number of carboxylic acids is 1. The first-order chi connectivity index (χ1) is 13.0. The Labute approximate surface area is 162 Å². The largest absolute Gasteiger partial charge is 0.493 e. The molecule has 0 aliphatic heterocycles. The molecule has 1 aromatic carbocycles. The van der Waals surface area contributed by atoms with E-state index < -0.39 is 5.97 Å². The smallest absolute Gasteiger partial charge is 0.303 e. The first-order valence-electron chi connectivity index (χ1n) is 9.96. The second-order valence-electron chi connectivity index (χ2n) is 7.12. The van der Waals surface area contributed by atoms with Gasteiger partial charge in [-0.3, -0.25) is 9.48 Å². The highest BCUT2D eigenvalue weighted by atomic mass is 16.5. The lowest BCUT2D eigenvalue weighted by molar-refractivity contribution is -0.136. The quantitative estimate of drug-likeness (QED) is 0.624. The number of aryl methyl sites for hydroxylation is 3. The molecule has 0 spiro atoms. The fraction of sp³-hybridized carbons (Fsp3) is 0.545. The summed E-state index contributed by atoms with van der Waals surface area (Å²) in [6.07, 6.45) is 3.76. The van der Waals surface area contributed by atoms with Gasteiger partial charge < -0.3 is 9.84 Å². The minimum Gasteiger partial charge on any atom is -0.493 e. The lowest BCUT2D eigenvalue weighted by Gasteiger charge is -2.17. The number of hydrogen-bond acceptors (Lipinski definition) is 3. The summed E-state index contributed by atoms with van der Waals surface area (Å²) in [5.74, 6) is 0.689. The molecule has 0 radical (unpaired) electrons. The van der Waals surface area contributed by atoms with Crippen molar-refractivity contribution in [2.75, 3.05) is 6.61 Å². The van der Waals surface area contributed by atoms with Gasteiger partial charge in [-0.25, -0.2) is 0 Å². The molecule has 1 heterocycles. The summed E-state index contributed by atoms with van der Waals surface area (Å²) in [4.78, 5) is 10.8. The maximum absolute atomic E-state index is 10.8. The van der Waals surface area contributed by atoms with E-state index in [1.165, 1.54) is 5.56 Å². The van der Waals surface area contributed by atoms with E-state index in [9.17, 15) is 4.79 Å². The standard InChI is InChI=1S/C22H32N2O3/c1-5-17(6-2)15-27-21-10-8-18(7-3)13-19(21)14-24-16(4)12-20(23-24)9-11-22(25)26/h8,10,12-13,17H,5-7,9,11,14-15H2,1-4H3,(H,25,26). The molecule has 0 atom stereocenters. The zero-order chi connectivity index (χ0) is 19.8. The fourth-order valence-electron chi connectivity index (χ4n) is 3.11. The second kappa shape index (κ2) is 10.1. The van der Waals surface area contributed by atoms with Crippen molar-refractivity contribution < 1.29 is 14.6 Å². The molecule has 0 fully saturated rings. The van der Waals surface area contributed by atoms with E-state index in [0.29, 0.717) is 18.9 Å². The third-order valence-electron chi connectivity index (χ3n) is 5.11. The Bertz CT molecular complexity index is 748. The van der Waals surface area contributed by atoms with Gasteiger partial charge in [-0.1, -0.05) is 45.7 Å². The SMILES string of the molecule is CCc1ccc(OCC(CC)CC)c(Cn2nc(CCC(=O)O)cc2C)c1. The van der Waals surface area contributed by atoms with Gasteiger partial charge in [-0.2, -0.15) is 5.10 Å². The van der Waals surface area contributed by atoms with Gasteiger partial charge >= 0.3 is 5.97 Å². The minimum atomic E-state index is -0.796. The van der Waals surface area contributed by atoms with Crippen molar-refractivity contribution in [3.05, 3.63) is 46.8 Å². The van der Waals surface area contributed by atoms with Gasteiger partial charge in [0.25, 0.3) is 0 Å². The summed E-state index contributed by atoms with van der Waals surface area (Å²) in [6, 6.07) is 8.36. The molecular weight excluding hydrogens is 340 g/mol. The summed E-state index contributed by atoms with van der Waals surface area (Å²) >= 11 is 0. The van der Waals surface area contributed by atoms with Crippen LogP contribution in [0.2, 0.25) is 0 Å². The van der Waals surface area contributed by atoms with Crippen molar-refractivity contribution in [1.82, 2.24) is 9.78 Å². The molecule has 2 rings (SSSR count). The first kappa shape index (κ1) is 21.0. The number of hydrogen-bond donors (Lipinski definition) is 1. The van der Waals surface area contributed by atoms with Crippen molar-refractivity contribution in [2.24, 2.45) is 5.92 Å². The molecule has 0 aliphatic carbocycles. The second-order valence-corrected chi connectivity index (χ2v) is 7.12. The predicted octanol–water partition coefficient (Wildman–Crippen LogP) is 4.63. The molecule has 2 aromatic rings. The van der Waals surface area contributed by atoms with Crippen LogP contribution in [0.4, 0.5) is 0 Å². The topological polar surface area (TPSA) is 64.4 Å². The van der Waals surface area contributed by atoms with Crippen molar-refractivity contribution in [1.29, 1.82) is 0 Å². The van der Waals surface area contributed by atoms with Gasteiger partial charge in [0.2, 0.25) is 0 Å². The minimum absolute atomic E-state index is 0.103. The van der Waals surface area contributed by atoms with Crippen LogP contribution in [-0.2, 0) is 24.2 Å². The third-order valence-corrected chi connectivity index (χ3v) is 5.11. The summed E-state index contributed by atoms with van der Waals surface area (Å²) < 4.78 is 8.10. The molecule has 1 N–H and O–H groups in total. The Balaban J connectivity index is 2.19. The normalized spacial score (nSPS) is 11.1. The summed E-state index contributed by atoms with van der Waals surface area (Å²) in [6.45, 7) is 9.91. The zero-order valence-electron chi connectivity index (χ0n) is 17.0. The maximum atomic E-state index is 10.8. The summed E-state index contributed by atoms with van der Waals surface area (Å²) in [5.41, 5.74) is 4.25. The molecule has 0 amide bonds. The van der Waals surface area contributed by atoms with Crippen LogP contribution in [-0.4, -0.2) is 27.5 Å². The Morgan fingerprint density at radius 1 is 1.22 bits per heavy atom. The highest BCUT2D eigenvalue weighted by Crippen LogP contribution is 2.24. The summed E-state index contributed by atoms with van der Waals surface area (Å²) in [5, 5.41) is 13.5. The third kappa shape index (κ3) is 6.12. The van der Waals surface area contributed by atoms with Crippen LogP contribution in [0.5, 0.6) is 5.75 Å². The number of benzene rings is 1. The van der Waals surface area contributed by atoms with Crippen molar-refractivity contribution in [3.63, 3.8) is 0 Å².